The van der Waals surface area contributed by atoms with E-state index < -0.39 is 0 Å². The molecule has 4 heteroatoms. The van der Waals surface area contributed by atoms with Gasteiger partial charge in [-0.15, -0.1) is 0 Å². The van der Waals surface area contributed by atoms with Crippen LogP contribution in [0.4, 0.5) is 0 Å². The zero-order chi connectivity index (χ0) is 11.4. The molecule has 1 aliphatic rings. The molecule has 1 fully saturated rings. The van der Waals surface area contributed by atoms with Crippen LogP contribution in [0.5, 0.6) is 0 Å². The molecule has 1 aromatic heterocycles. The first-order valence-corrected chi connectivity index (χ1v) is 6.12. The molecule has 1 aliphatic heterocycles. The minimum absolute atomic E-state index is 0.631. The molecular formula is C12H21N3O. The predicted molar refractivity (Wildman–Crippen MR) is 63.1 cm³/mol. The third-order valence-corrected chi connectivity index (χ3v) is 3.32. The van der Waals surface area contributed by atoms with Crippen LogP contribution in [0.1, 0.15) is 32.4 Å². The number of hydrogen-bond donors (Lipinski definition) is 1. The van der Waals surface area contributed by atoms with Crippen LogP contribution in [0.3, 0.4) is 0 Å². The zero-order valence-electron chi connectivity index (χ0n) is 10.1. The van der Waals surface area contributed by atoms with E-state index in [0.717, 1.165) is 12.2 Å². The van der Waals surface area contributed by atoms with Crippen molar-refractivity contribution in [3.63, 3.8) is 0 Å². The van der Waals surface area contributed by atoms with Crippen LogP contribution in [0.2, 0.25) is 0 Å². The lowest BCUT2D eigenvalue weighted by molar-refractivity contribution is 0.160. The second-order valence-electron chi connectivity index (χ2n) is 4.78. The second kappa shape index (κ2) is 5.46. The Hall–Kier alpha value is -0.870. The molecule has 0 aliphatic carbocycles. The number of nitrogens with one attached hydrogen (secondary N) is 1. The van der Waals surface area contributed by atoms with Crippen molar-refractivity contribution in [3.8, 4) is 0 Å². The fourth-order valence-corrected chi connectivity index (χ4v) is 2.20. The first-order valence-electron chi connectivity index (χ1n) is 6.12. The number of hydrogen-bond acceptors (Lipinski definition) is 4. The third-order valence-electron chi connectivity index (χ3n) is 3.32. The summed E-state index contributed by atoms with van der Waals surface area (Å²) in [6, 6.07) is 3.22. The maximum Gasteiger partial charge on any atom is 0.124 e. The van der Waals surface area contributed by atoms with Crippen molar-refractivity contribution in [3.05, 3.63) is 18.0 Å². The Kier molecular flexibility index (Phi) is 3.96. The van der Waals surface area contributed by atoms with E-state index in [1.165, 1.54) is 25.9 Å². The molecular weight excluding hydrogens is 202 g/mol. The van der Waals surface area contributed by atoms with Gasteiger partial charge >= 0.3 is 0 Å². The highest BCUT2D eigenvalue weighted by molar-refractivity contribution is 4.95. The summed E-state index contributed by atoms with van der Waals surface area (Å²) in [5.74, 6) is 0. The van der Waals surface area contributed by atoms with E-state index in [2.05, 4.69) is 29.2 Å². The molecule has 0 unspecified atom stereocenters. The Labute approximate surface area is 97.0 Å². The minimum atomic E-state index is 0.631. The Morgan fingerprint density at radius 2 is 2.25 bits per heavy atom. The molecule has 1 N–H and O–H groups in total. The van der Waals surface area contributed by atoms with Gasteiger partial charge in [0.15, 0.2) is 0 Å². The van der Waals surface area contributed by atoms with Crippen molar-refractivity contribution >= 4 is 0 Å². The normalized spacial score (nSPS) is 19.4. The Bertz CT molecular complexity index is 289. The van der Waals surface area contributed by atoms with E-state index in [0.29, 0.717) is 12.1 Å². The second-order valence-corrected chi connectivity index (χ2v) is 4.78. The molecule has 0 aromatic carbocycles. The van der Waals surface area contributed by atoms with E-state index in [-0.39, 0.29) is 0 Å². The van der Waals surface area contributed by atoms with Gasteiger partial charge in [0.1, 0.15) is 6.26 Å². The Balaban J connectivity index is 1.69. The average Bonchev–Trinajstić information content (AvgIpc) is 2.80. The Morgan fingerprint density at radius 3 is 2.81 bits per heavy atom. The maximum atomic E-state index is 4.80. The molecule has 16 heavy (non-hydrogen) atoms. The smallest absolute Gasteiger partial charge is 0.124 e. The lowest BCUT2D eigenvalue weighted by Crippen LogP contribution is -2.44. The van der Waals surface area contributed by atoms with E-state index in [1.807, 2.05) is 6.07 Å². The summed E-state index contributed by atoms with van der Waals surface area (Å²) in [5.41, 5.74) is 0.992. The molecule has 4 nitrogen and oxygen atoms in total. The number of rotatable bonds is 4. The van der Waals surface area contributed by atoms with Gasteiger partial charge in [0.25, 0.3) is 0 Å². The lowest BCUT2D eigenvalue weighted by atomic mass is 10.0. The van der Waals surface area contributed by atoms with Crippen LogP contribution in [-0.2, 0) is 6.54 Å². The van der Waals surface area contributed by atoms with E-state index in [4.69, 9.17) is 4.52 Å². The van der Waals surface area contributed by atoms with E-state index in [9.17, 15) is 0 Å². The highest BCUT2D eigenvalue weighted by Gasteiger charge is 2.20. The van der Waals surface area contributed by atoms with Gasteiger partial charge in [0.05, 0.1) is 5.69 Å². The standard InChI is InChI=1S/C12H21N3O/c1-10(2)15-6-3-11(4-7-15)13-9-12-5-8-16-14-12/h5,8,10-11,13H,3-4,6-7,9H2,1-2H3. The summed E-state index contributed by atoms with van der Waals surface area (Å²) in [6.07, 6.45) is 4.09. The summed E-state index contributed by atoms with van der Waals surface area (Å²) < 4.78 is 4.80. The van der Waals surface area contributed by atoms with Gasteiger partial charge in [-0.1, -0.05) is 5.16 Å². The van der Waals surface area contributed by atoms with Crippen LogP contribution >= 0.6 is 0 Å². The van der Waals surface area contributed by atoms with E-state index >= 15 is 0 Å². The van der Waals surface area contributed by atoms with Crippen molar-refractivity contribution in [1.82, 2.24) is 15.4 Å². The van der Waals surface area contributed by atoms with Crippen molar-refractivity contribution < 1.29 is 4.52 Å². The van der Waals surface area contributed by atoms with Crippen LogP contribution < -0.4 is 5.32 Å². The summed E-state index contributed by atoms with van der Waals surface area (Å²) in [6.45, 7) is 7.76. The topological polar surface area (TPSA) is 41.3 Å². The minimum Gasteiger partial charge on any atom is -0.364 e. The first kappa shape index (κ1) is 11.6. The molecule has 0 atom stereocenters. The monoisotopic (exact) mass is 223 g/mol. The van der Waals surface area contributed by atoms with Crippen LogP contribution in [0.25, 0.3) is 0 Å². The molecule has 2 heterocycles. The fourth-order valence-electron chi connectivity index (χ4n) is 2.20. The summed E-state index contributed by atoms with van der Waals surface area (Å²) in [7, 11) is 0. The van der Waals surface area contributed by atoms with Crippen LogP contribution in [-0.4, -0.2) is 35.2 Å². The van der Waals surface area contributed by atoms with Gasteiger partial charge in [-0.05, 0) is 39.8 Å². The van der Waals surface area contributed by atoms with Crippen molar-refractivity contribution in [1.29, 1.82) is 0 Å². The largest absolute Gasteiger partial charge is 0.364 e. The molecule has 1 aromatic rings. The Morgan fingerprint density at radius 1 is 1.50 bits per heavy atom. The highest BCUT2D eigenvalue weighted by atomic mass is 16.5. The molecule has 1 saturated heterocycles. The highest BCUT2D eigenvalue weighted by Crippen LogP contribution is 2.13. The number of aromatic nitrogens is 1. The van der Waals surface area contributed by atoms with Gasteiger partial charge in [0.2, 0.25) is 0 Å². The number of nitrogens with zero attached hydrogens (tertiary/aromatic N) is 2. The van der Waals surface area contributed by atoms with Gasteiger partial charge in [-0.2, -0.15) is 0 Å². The molecule has 0 spiro atoms. The molecule has 0 bridgehead atoms. The summed E-state index contributed by atoms with van der Waals surface area (Å²) >= 11 is 0. The molecule has 0 radical (unpaired) electrons. The van der Waals surface area contributed by atoms with Crippen molar-refractivity contribution in [2.24, 2.45) is 0 Å². The molecule has 0 saturated carbocycles. The SMILES string of the molecule is CC(C)N1CCC(NCc2ccon2)CC1. The van der Waals surface area contributed by atoms with Crippen molar-refractivity contribution in [2.75, 3.05) is 13.1 Å². The van der Waals surface area contributed by atoms with Crippen LogP contribution in [0, 0.1) is 0 Å². The predicted octanol–water partition coefficient (Wildman–Crippen LogP) is 1.64. The first-order chi connectivity index (χ1) is 7.75. The third kappa shape index (κ3) is 3.06. The summed E-state index contributed by atoms with van der Waals surface area (Å²) in [5, 5.41) is 7.43. The summed E-state index contributed by atoms with van der Waals surface area (Å²) in [4.78, 5) is 2.54. The van der Waals surface area contributed by atoms with Gasteiger partial charge < -0.3 is 14.7 Å². The maximum absolute atomic E-state index is 4.80. The average molecular weight is 223 g/mol. The van der Waals surface area contributed by atoms with E-state index in [1.54, 1.807) is 6.26 Å². The molecule has 90 valence electrons. The van der Waals surface area contributed by atoms with Gasteiger partial charge in [0, 0.05) is 24.7 Å². The number of likely N-dealkylation sites (tertiary alicyclic amines) is 1. The zero-order valence-corrected chi connectivity index (χ0v) is 10.1. The van der Waals surface area contributed by atoms with Crippen molar-refractivity contribution in [2.45, 2.75) is 45.3 Å². The van der Waals surface area contributed by atoms with Crippen LogP contribution in [0.15, 0.2) is 16.9 Å². The molecule has 0 amide bonds. The quantitative estimate of drug-likeness (QED) is 0.842. The fraction of sp³-hybridized carbons (Fsp3) is 0.750. The van der Waals surface area contributed by atoms with Gasteiger partial charge in [-0.25, -0.2) is 0 Å². The van der Waals surface area contributed by atoms with Gasteiger partial charge in [-0.3, -0.25) is 0 Å². The number of piperidine rings is 1. The molecule has 2 rings (SSSR count). The lowest BCUT2D eigenvalue weighted by Gasteiger charge is -2.34.